The van der Waals surface area contributed by atoms with E-state index in [1.807, 2.05) is 0 Å². The van der Waals surface area contributed by atoms with Crippen molar-refractivity contribution in [3.8, 4) is 9.75 Å². The molecule has 0 spiro atoms. The maximum absolute atomic E-state index is 13.6. The maximum atomic E-state index is 13.6. The monoisotopic (exact) mass is 662 g/mol. The molecule has 3 rings (SSSR count). The molecular weight excluding hydrogens is 636 g/mol. The Hall–Kier alpha value is -2.43. The zero-order chi connectivity index (χ0) is 27.2. The minimum Gasteiger partial charge on any atom is -0.288 e. The summed E-state index contributed by atoms with van der Waals surface area (Å²) in [6.45, 7) is 5.63. The molecule has 0 aromatic carbocycles. The molecule has 2 aromatic heterocycles. The summed E-state index contributed by atoms with van der Waals surface area (Å²) >= 11 is 10.6. The number of ketones is 1. The molecule has 0 amide bonds. The molecule has 2 heterocycles. The van der Waals surface area contributed by atoms with Crippen LogP contribution in [0.4, 0.5) is 0 Å². The van der Waals surface area contributed by atoms with Gasteiger partial charge in [-0.3, -0.25) is 4.79 Å². The molecule has 1 nitrogen and oxygen atoms in total. The Balaban J connectivity index is 1.69. The minimum absolute atomic E-state index is 0.106. The highest BCUT2D eigenvalue weighted by molar-refractivity contribution is 9.11. The zero-order valence-electron chi connectivity index (χ0n) is 21.5. The van der Waals surface area contributed by atoms with E-state index < -0.39 is 0 Å². The number of rotatable bonds is 12. The van der Waals surface area contributed by atoms with Crippen LogP contribution < -0.4 is 0 Å². The van der Waals surface area contributed by atoms with Gasteiger partial charge in [-0.1, -0.05) is 76.2 Å². The molecule has 38 heavy (non-hydrogen) atoms. The number of hydrogen-bond donors (Lipinski definition) is 0. The first-order valence-corrected chi connectivity index (χ1v) is 16.1. The average Bonchev–Trinajstić information content (AvgIpc) is 3.50. The fourth-order valence-electron chi connectivity index (χ4n) is 4.28. The molecule has 1 aliphatic rings. The Morgan fingerprint density at radius 1 is 0.711 bits per heavy atom. The molecule has 0 saturated heterocycles. The maximum Gasteiger partial charge on any atom is 0.197 e. The third-order valence-electron chi connectivity index (χ3n) is 6.11. The molecule has 0 fully saturated rings. The first-order valence-electron chi connectivity index (χ1n) is 12.9. The Morgan fingerprint density at radius 3 is 1.87 bits per heavy atom. The Bertz CT molecular complexity index is 1570. The fraction of sp³-hybridized carbons (Fsp3) is 0.364. The lowest BCUT2D eigenvalue weighted by Crippen LogP contribution is -2.01. The van der Waals surface area contributed by atoms with E-state index in [-0.39, 0.29) is 5.78 Å². The second kappa shape index (κ2) is 16.5. The van der Waals surface area contributed by atoms with Crippen molar-refractivity contribution in [2.24, 2.45) is 0 Å². The predicted molar refractivity (Wildman–Crippen MR) is 167 cm³/mol. The SMILES string of the molecule is C=C=C=C=C=C=C=C=C=C=C=Cc1c(Br)sc2c1C(=O)c1c-2sc(Br)c1CCCCCCCCCCCC. The molecule has 0 radical (unpaired) electrons. The van der Waals surface area contributed by atoms with Gasteiger partial charge in [0.05, 0.1) is 22.9 Å². The van der Waals surface area contributed by atoms with Crippen LogP contribution in [0, 0.1) is 0 Å². The topological polar surface area (TPSA) is 17.1 Å². The molecule has 2 aromatic rings. The smallest absolute Gasteiger partial charge is 0.197 e. The van der Waals surface area contributed by atoms with Crippen LogP contribution in [-0.4, -0.2) is 5.78 Å². The van der Waals surface area contributed by atoms with E-state index in [1.165, 1.54) is 63.4 Å². The van der Waals surface area contributed by atoms with Gasteiger partial charge in [0.25, 0.3) is 0 Å². The minimum atomic E-state index is 0.106. The number of halogens is 2. The number of fused-ring (bicyclic) bond motifs is 3. The highest BCUT2D eigenvalue weighted by Crippen LogP contribution is 2.53. The van der Waals surface area contributed by atoms with Crippen molar-refractivity contribution in [1.82, 2.24) is 0 Å². The van der Waals surface area contributed by atoms with Crippen molar-refractivity contribution in [2.75, 3.05) is 0 Å². The highest BCUT2D eigenvalue weighted by Gasteiger charge is 2.37. The fourth-order valence-corrected chi connectivity index (χ4v) is 8.18. The molecule has 0 bridgehead atoms. The van der Waals surface area contributed by atoms with E-state index in [0.29, 0.717) is 0 Å². The summed E-state index contributed by atoms with van der Waals surface area (Å²) in [4.78, 5) is 15.7. The first kappa shape index (κ1) is 30.1. The van der Waals surface area contributed by atoms with Crippen LogP contribution in [0.1, 0.15) is 98.2 Å². The van der Waals surface area contributed by atoms with Gasteiger partial charge in [0.15, 0.2) is 5.78 Å². The second-order valence-corrected chi connectivity index (χ2v) is 13.5. The second-order valence-electron chi connectivity index (χ2n) is 8.78. The molecule has 5 heteroatoms. The van der Waals surface area contributed by atoms with Gasteiger partial charge in [0.1, 0.15) is 0 Å². The van der Waals surface area contributed by atoms with Gasteiger partial charge in [0.2, 0.25) is 0 Å². The van der Waals surface area contributed by atoms with Crippen LogP contribution in [0.5, 0.6) is 0 Å². The van der Waals surface area contributed by atoms with Crippen LogP contribution in [0.3, 0.4) is 0 Å². The van der Waals surface area contributed by atoms with Gasteiger partial charge in [0, 0.05) is 11.1 Å². The van der Waals surface area contributed by atoms with E-state index in [1.54, 1.807) is 28.7 Å². The van der Waals surface area contributed by atoms with E-state index >= 15 is 0 Å². The van der Waals surface area contributed by atoms with Crippen molar-refractivity contribution in [3.63, 3.8) is 0 Å². The van der Waals surface area contributed by atoms with Crippen LogP contribution in [-0.2, 0) is 6.42 Å². The van der Waals surface area contributed by atoms with Gasteiger partial charge in [-0.2, -0.15) is 0 Å². The third-order valence-corrected chi connectivity index (χ3v) is 10.2. The Morgan fingerprint density at radius 2 is 1.24 bits per heavy atom. The molecule has 0 aliphatic heterocycles. The summed E-state index contributed by atoms with van der Waals surface area (Å²) in [5.41, 5.74) is 29.9. The lowest BCUT2D eigenvalue weighted by Gasteiger charge is -2.05. The Kier molecular flexibility index (Phi) is 13.1. The lowest BCUT2D eigenvalue weighted by atomic mass is 10.0. The predicted octanol–water partition coefficient (Wildman–Crippen LogP) is 11.2. The first-order chi connectivity index (χ1) is 18.6. The van der Waals surface area contributed by atoms with Crippen molar-refractivity contribution >= 4 is 66.4 Å². The van der Waals surface area contributed by atoms with Crippen molar-refractivity contribution in [2.45, 2.75) is 77.6 Å². The van der Waals surface area contributed by atoms with E-state index in [4.69, 9.17) is 0 Å². The quantitative estimate of drug-likeness (QED) is 0.139. The summed E-state index contributed by atoms with van der Waals surface area (Å²) < 4.78 is 2.00. The molecular formula is C33H28Br2OS2. The number of carbonyl (C=O) groups excluding carboxylic acids is 1. The highest BCUT2D eigenvalue weighted by atomic mass is 79.9. The van der Waals surface area contributed by atoms with Gasteiger partial charge in [-0.05, 0) is 109 Å². The molecule has 0 atom stereocenters. The van der Waals surface area contributed by atoms with Gasteiger partial charge < -0.3 is 0 Å². The van der Waals surface area contributed by atoms with Crippen molar-refractivity contribution in [1.29, 1.82) is 0 Å². The van der Waals surface area contributed by atoms with Crippen LogP contribution in [0.15, 0.2) is 71.5 Å². The molecule has 0 unspecified atom stereocenters. The van der Waals surface area contributed by atoms with E-state index in [2.05, 4.69) is 103 Å². The summed E-state index contributed by atoms with van der Waals surface area (Å²) in [6, 6.07) is 0. The number of hydrogen-bond acceptors (Lipinski definition) is 3. The molecule has 1 aliphatic carbocycles. The number of carbonyl (C=O) groups is 1. The number of unbranched alkanes of at least 4 members (excludes halogenated alkanes) is 9. The van der Waals surface area contributed by atoms with Gasteiger partial charge >= 0.3 is 0 Å². The summed E-state index contributed by atoms with van der Waals surface area (Å²) in [7, 11) is 0. The lowest BCUT2D eigenvalue weighted by molar-refractivity contribution is 0.104. The summed E-state index contributed by atoms with van der Waals surface area (Å²) in [5.74, 6) is 0.106. The third kappa shape index (κ3) is 8.28. The van der Waals surface area contributed by atoms with Crippen molar-refractivity contribution in [3.05, 3.63) is 93.7 Å². The van der Waals surface area contributed by atoms with Crippen LogP contribution in [0.25, 0.3) is 15.8 Å². The normalized spacial score (nSPS) is 10.2. The molecule has 192 valence electrons. The molecule has 0 saturated carbocycles. The van der Waals surface area contributed by atoms with Gasteiger partial charge in [-0.25, -0.2) is 0 Å². The van der Waals surface area contributed by atoms with Gasteiger partial charge in [-0.15, -0.1) is 22.7 Å². The summed E-state index contributed by atoms with van der Waals surface area (Å²) in [5, 5.41) is 0. The zero-order valence-corrected chi connectivity index (χ0v) is 26.3. The average molecular weight is 665 g/mol. The Labute approximate surface area is 250 Å². The summed E-state index contributed by atoms with van der Waals surface area (Å²) in [6.07, 6.45) is 15.7. The standard InChI is InChI=1S/C33H28Br2OS2/c1-3-5-7-9-11-13-15-17-19-21-23-25-27-29(36)28-26(33(35)38-31(28)30(27)37-32(25)34)24-22-20-18-16-14-12-10-8-6-4-2/h23H,1,4,6,8,10,12,14,16,18,20,22,24H2,2H3. The van der Waals surface area contributed by atoms with Crippen molar-refractivity contribution < 1.29 is 4.79 Å². The number of thiophene rings is 2. The van der Waals surface area contributed by atoms with Crippen LogP contribution in [0.2, 0.25) is 0 Å². The van der Waals surface area contributed by atoms with E-state index in [0.717, 1.165) is 46.9 Å². The van der Waals surface area contributed by atoms with E-state index in [9.17, 15) is 4.79 Å². The largest absolute Gasteiger partial charge is 0.288 e. The van der Waals surface area contributed by atoms with Crippen LogP contribution >= 0.6 is 54.5 Å². The molecule has 0 N–H and O–H groups in total.